The average Bonchev–Trinajstić information content (AvgIpc) is 2.50. The quantitative estimate of drug-likeness (QED) is 0.650. The first-order valence-electron chi connectivity index (χ1n) is 5.94. The van der Waals surface area contributed by atoms with Gasteiger partial charge in [-0.25, -0.2) is 0 Å². The second-order valence-electron chi connectivity index (χ2n) is 3.54. The van der Waals surface area contributed by atoms with E-state index in [0.29, 0.717) is 5.75 Å². The highest BCUT2D eigenvalue weighted by Crippen LogP contribution is 2.29. The molecule has 0 saturated carbocycles. The van der Waals surface area contributed by atoms with Crippen LogP contribution < -0.4 is 16.2 Å². The van der Waals surface area contributed by atoms with E-state index in [1.807, 2.05) is 48.5 Å². The molecule has 19 heavy (non-hydrogen) atoms. The van der Waals surface area contributed by atoms with Gasteiger partial charge in [-0.1, -0.05) is 48.5 Å². The van der Waals surface area contributed by atoms with Gasteiger partial charge in [0.05, 0.1) is 6.54 Å². The normalized spacial score (nSPS) is 9.21. The molecule has 2 aromatic carbocycles. The van der Waals surface area contributed by atoms with E-state index in [4.69, 9.17) is 10.5 Å². The van der Waals surface area contributed by atoms with Crippen molar-refractivity contribution in [3.63, 3.8) is 0 Å². The fourth-order valence-corrected chi connectivity index (χ4v) is 1.58. The maximum atomic E-state index is 11.2. The van der Waals surface area contributed by atoms with Crippen molar-refractivity contribution in [3.8, 4) is 16.9 Å². The summed E-state index contributed by atoms with van der Waals surface area (Å²) in [6.45, 7) is -0.122. The number of hydrogen-bond acceptors (Lipinski definition) is 4. The van der Waals surface area contributed by atoms with Crippen LogP contribution in [0.2, 0.25) is 0 Å². The molecular formula is C15H18N2O2. The molecule has 0 fully saturated rings. The van der Waals surface area contributed by atoms with Crippen LogP contribution in [0.25, 0.3) is 11.1 Å². The summed E-state index contributed by atoms with van der Waals surface area (Å²) in [6, 6.07) is 17.2. The first kappa shape index (κ1) is 14.9. The lowest BCUT2D eigenvalue weighted by molar-refractivity contribution is -0.132. The molecule has 0 spiro atoms. The molecule has 4 N–H and O–H groups in total. The number of carbonyl (C=O) groups excluding carboxylic acids is 1. The number of hydrogen-bond donors (Lipinski definition) is 2. The lowest BCUT2D eigenvalue weighted by atomic mass is 10.1. The highest BCUT2D eigenvalue weighted by Gasteiger charge is 2.08. The van der Waals surface area contributed by atoms with Gasteiger partial charge in [-0.3, -0.25) is 4.79 Å². The van der Waals surface area contributed by atoms with Gasteiger partial charge in [0.15, 0.2) is 0 Å². The van der Waals surface area contributed by atoms with Gasteiger partial charge in [0, 0.05) is 5.56 Å². The first-order valence-corrected chi connectivity index (χ1v) is 5.94. The molecule has 0 aromatic heterocycles. The van der Waals surface area contributed by atoms with Gasteiger partial charge < -0.3 is 16.2 Å². The predicted octanol–water partition coefficient (Wildman–Crippen LogP) is 1.79. The van der Waals surface area contributed by atoms with Crippen molar-refractivity contribution in [1.82, 2.24) is 0 Å². The lowest BCUT2D eigenvalue weighted by Gasteiger charge is -2.09. The summed E-state index contributed by atoms with van der Waals surface area (Å²) in [5, 5.41) is 0. The number of benzene rings is 2. The molecule has 0 atom stereocenters. The van der Waals surface area contributed by atoms with Crippen LogP contribution in [0.15, 0.2) is 54.6 Å². The van der Waals surface area contributed by atoms with E-state index in [1.165, 1.54) is 7.05 Å². The molecule has 0 radical (unpaired) electrons. The van der Waals surface area contributed by atoms with E-state index in [0.717, 1.165) is 11.1 Å². The first-order chi connectivity index (χ1) is 9.31. The Kier molecular flexibility index (Phi) is 6.29. The van der Waals surface area contributed by atoms with Crippen molar-refractivity contribution in [1.29, 1.82) is 0 Å². The molecular weight excluding hydrogens is 240 g/mol. The van der Waals surface area contributed by atoms with E-state index in [1.54, 1.807) is 6.07 Å². The highest BCUT2D eigenvalue weighted by molar-refractivity contribution is 5.78. The molecule has 0 aliphatic rings. The molecule has 2 aromatic rings. The molecule has 100 valence electrons. The van der Waals surface area contributed by atoms with Crippen LogP contribution in [0.1, 0.15) is 0 Å². The van der Waals surface area contributed by atoms with Crippen LogP contribution in [-0.4, -0.2) is 19.6 Å². The molecule has 0 heterocycles. The number of rotatable bonds is 3. The zero-order valence-electron chi connectivity index (χ0n) is 10.9. The zero-order chi connectivity index (χ0) is 14.1. The summed E-state index contributed by atoms with van der Waals surface area (Å²) in [5.41, 5.74) is 11.6. The van der Waals surface area contributed by atoms with E-state index < -0.39 is 5.97 Å². The molecule has 2 rings (SSSR count). The fraction of sp³-hybridized carbons (Fsp3) is 0.133. The van der Waals surface area contributed by atoms with Crippen molar-refractivity contribution in [3.05, 3.63) is 54.6 Å². The Morgan fingerprint density at radius 1 is 1.00 bits per heavy atom. The highest BCUT2D eigenvalue weighted by atomic mass is 16.5. The smallest absolute Gasteiger partial charge is 0.325 e. The van der Waals surface area contributed by atoms with E-state index in [2.05, 4.69) is 5.73 Å². The second kappa shape index (κ2) is 8.02. The van der Waals surface area contributed by atoms with E-state index in [-0.39, 0.29) is 6.54 Å². The Hall–Kier alpha value is -2.17. The van der Waals surface area contributed by atoms with Gasteiger partial charge in [0.25, 0.3) is 0 Å². The lowest BCUT2D eigenvalue weighted by Crippen LogP contribution is -2.19. The van der Waals surface area contributed by atoms with Crippen LogP contribution in [0, 0.1) is 0 Å². The topological polar surface area (TPSA) is 78.3 Å². The van der Waals surface area contributed by atoms with Gasteiger partial charge in [0.2, 0.25) is 0 Å². The van der Waals surface area contributed by atoms with Crippen LogP contribution in [0.4, 0.5) is 0 Å². The van der Waals surface area contributed by atoms with Gasteiger partial charge >= 0.3 is 5.97 Å². The maximum Gasteiger partial charge on any atom is 0.325 e. The van der Waals surface area contributed by atoms with Gasteiger partial charge in [-0.05, 0) is 18.7 Å². The summed E-state index contributed by atoms with van der Waals surface area (Å²) in [6.07, 6.45) is 0. The average molecular weight is 258 g/mol. The molecule has 0 aliphatic heterocycles. The summed E-state index contributed by atoms with van der Waals surface area (Å²) < 4.78 is 5.19. The molecule has 0 unspecified atom stereocenters. The Labute approximate surface area is 113 Å². The van der Waals surface area contributed by atoms with Crippen LogP contribution in [-0.2, 0) is 4.79 Å². The Balaban J connectivity index is 0.000000861. The van der Waals surface area contributed by atoms with E-state index >= 15 is 0 Å². The predicted molar refractivity (Wildman–Crippen MR) is 76.7 cm³/mol. The fourth-order valence-electron chi connectivity index (χ4n) is 1.58. The molecule has 0 saturated heterocycles. The molecule has 4 nitrogen and oxygen atoms in total. The minimum absolute atomic E-state index is 0.122. The van der Waals surface area contributed by atoms with Crippen molar-refractivity contribution >= 4 is 5.97 Å². The molecule has 0 bridgehead atoms. The zero-order valence-corrected chi connectivity index (χ0v) is 10.9. The van der Waals surface area contributed by atoms with Gasteiger partial charge in [-0.15, -0.1) is 0 Å². The Bertz CT molecular complexity index is 513. The standard InChI is InChI=1S/C14H13NO2.CH5N/c15-10-14(16)17-13-9-5-4-8-12(13)11-6-2-1-3-7-11;1-2/h1-9H,10,15H2;2H2,1H3. The minimum atomic E-state index is -0.437. The summed E-state index contributed by atoms with van der Waals surface area (Å²) >= 11 is 0. The summed E-state index contributed by atoms with van der Waals surface area (Å²) in [5.74, 6) is 0.0996. The second-order valence-corrected chi connectivity index (χ2v) is 3.54. The van der Waals surface area contributed by atoms with Crippen molar-refractivity contribution in [2.24, 2.45) is 11.5 Å². The van der Waals surface area contributed by atoms with Crippen molar-refractivity contribution in [2.75, 3.05) is 13.6 Å². The van der Waals surface area contributed by atoms with Crippen LogP contribution >= 0.6 is 0 Å². The third kappa shape index (κ3) is 4.21. The largest absolute Gasteiger partial charge is 0.425 e. The monoisotopic (exact) mass is 258 g/mol. The number of ether oxygens (including phenoxy) is 1. The van der Waals surface area contributed by atoms with Crippen LogP contribution in [0.5, 0.6) is 5.75 Å². The van der Waals surface area contributed by atoms with Gasteiger partial charge in [-0.2, -0.15) is 0 Å². The van der Waals surface area contributed by atoms with Crippen molar-refractivity contribution in [2.45, 2.75) is 0 Å². The number of nitrogens with two attached hydrogens (primary N) is 2. The molecule has 4 heteroatoms. The maximum absolute atomic E-state index is 11.2. The molecule has 0 aliphatic carbocycles. The SMILES string of the molecule is CN.NCC(=O)Oc1ccccc1-c1ccccc1. The number of para-hydroxylation sites is 1. The third-order valence-electron chi connectivity index (χ3n) is 2.36. The minimum Gasteiger partial charge on any atom is -0.425 e. The molecule has 0 amide bonds. The van der Waals surface area contributed by atoms with Crippen molar-refractivity contribution < 1.29 is 9.53 Å². The third-order valence-corrected chi connectivity index (χ3v) is 2.36. The number of carbonyl (C=O) groups is 1. The van der Waals surface area contributed by atoms with Gasteiger partial charge in [0.1, 0.15) is 5.75 Å². The van der Waals surface area contributed by atoms with Crippen LogP contribution in [0.3, 0.4) is 0 Å². The summed E-state index contributed by atoms with van der Waals surface area (Å²) in [4.78, 5) is 11.2. The summed E-state index contributed by atoms with van der Waals surface area (Å²) in [7, 11) is 1.50. The Morgan fingerprint density at radius 3 is 2.21 bits per heavy atom. The van der Waals surface area contributed by atoms with E-state index in [9.17, 15) is 4.79 Å². The Morgan fingerprint density at radius 2 is 1.58 bits per heavy atom. The number of esters is 1.